The molecule has 24 heavy (non-hydrogen) atoms. The van der Waals surface area contributed by atoms with Crippen LogP contribution in [-0.2, 0) is 0 Å². The Morgan fingerprint density at radius 3 is 2.38 bits per heavy atom. The molecule has 6 heteroatoms. The van der Waals surface area contributed by atoms with Gasteiger partial charge in [0.25, 0.3) is 0 Å². The fourth-order valence-corrected chi connectivity index (χ4v) is 3.34. The van der Waals surface area contributed by atoms with E-state index in [1.807, 2.05) is 30.3 Å². The Hall–Kier alpha value is -2.34. The summed E-state index contributed by atoms with van der Waals surface area (Å²) in [5.41, 5.74) is 2.02. The third-order valence-corrected chi connectivity index (χ3v) is 4.87. The van der Waals surface area contributed by atoms with E-state index in [4.69, 9.17) is 21.7 Å². The van der Waals surface area contributed by atoms with Crippen LogP contribution < -0.4 is 14.4 Å². The number of nitrogens with zero attached hydrogens (tertiary/aromatic N) is 2. The lowest BCUT2D eigenvalue weighted by Gasteiger charge is -2.37. The van der Waals surface area contributed by atoms with Crippen molar-refractivity contribution in [2.75, 3.05) is 37.9 Å². The van der Waals surface area contributed by atoms with E-state index in [0.29, 0.717) is 0 Å². The number of anilines is 1. The molecule has 0 unspecified atom stereocenters. The molecular formula is C18H17FN2O2S. The number of fused-ring (bicyclic) bond motifs is 1. The Morgan fingerprint density at radius 2 is 1.62 bits per heavy atom. The van der Waals surface area contributed by atoms with Crippen LogP contribution in [0.2, 0.25) is 0 Å². The average molecular weight is 344 g/mol. The molecule has 124 valence electrons. The van der Waals surface area contributed by atoms with E-state index in [1.165, 1.54) is 12.1 Å². The van der Waals surface area contributed by atoms with Crippen LogP contribution in [0.15, 0.2) is 42.5 Å². The molecule has 4 nitrogen and oxygen atoms in total. The number of hydrogen-bond donors (Lipinski definition) is 0. The molecule has 2 aliphatic heterocycles. The second-order valence-corrected chi connectivity index (χ2v) is 6.21. The van der Waals surface area contributed by atoms with E-state index >= 15 is 0 Å². The first-order valence-electron chi connectivity index (χ1n) is 7.90. The molecule has 1 fully saturated rings. The van der Waals surface area contributed by atoms with Crippen LogP contribution >= 0.6 is 12.2 Å². The van der Waals surface area contributed by atoms with Crippen molar-refractivity contribution >= 4 is 22.9 Å². The summed E-state index contributed by atoms with van der Waals surface area (Å²) in [7, 11) is 0. The van der Waals surface area contributed by atoms with E-state index in [9.17, 15) is 4.39 Å². The number of benzene rings is 2. The molecule has 1 saturated heterocycles. The summed E-state index contributed by atoms with van der Waals surface area (Å²) in [6, 6.07) is 12.5. The van der Waals surface area contributed by atoms with Crippen LogP contribution in [-0.4, -0.2) is 42.9 Å². The summed E-state index contributed by atoms with van der Waals surface area (Å²) in [6.07, 6.45) is 0. The third-order valence-electron chi connectivity index (χ3n) is 4.38. The van der Waals surface area contributed by atoms with E-state index in [0.717, 1.165) is 53.9 Å². The molecule has 4 rings (SSSR count). The molecular weight excluding hydrogens is 327 g/mol. The van der Waals surface area contributed by atoms with Crippen LogP contribution in [0.5, 0.6) is 11.5 Å². The van der Waals surface area contributed by atoms with Crippen LogP contribution in [0.25, 0.3) is 0 Å². The highest BCUT2D eigenvalue weighted by Crippen LogP contribution is 2.33. The van der Waals surface area contributed by atoms with E-state index < -0.39 is 0 Å². The maximum atomic E-state index is 13.0. The van der Waals surface area contributed by atoms with Crippen LogP contribution in [0.4, 0.5) is 10.1 Å². The smallest absolute Gasteiger partial charge is 0.231 e. The SMILES string of the molecule is Fc1ccc(N2CCN(C(=S)c3ccc4c(c3)OCO4)CC2)cc1. The van der Waals surface area contributed by atoms with Crippen molar-refractivity contribution in [2.45, 2.75) is 0 Å². The Labute approximate surface area is 145 Å². The van der Waals surface area contributed by atoms with Crippen molar-refractivity contribution in [1.29, 1.82) is 0 Å². The van der Waals surface area contributed by atoms with Crippen molar-refractivity contribution in [3.63, 3.8) is 0 Å². The molecule has 2 aromatic carbocycles. The van der Waals surface area contributed by atoms with Crippen molar-refractivity contribution in [2.24, 2.45) is 0 Å². The average Bonchev–Trinajstić information content (AvgIpc) is 3.09. The monoisotopic (exact) mass is 344 g/mol. The van der Waals surface area contributed by atoms with Gasteiger partial charge in [0.05, 0.1) is 0 Å². The zero-order chi connectivity index (χ0) is 16.5. The Bertz CT molecular complexity index is 758. The molecule has 0 saturated carbocycles. The van der Waals surface area contributed by atoms with Gasteiger partial charge in [-0.3, -0.25) is 0 Å². The zero-order valence-electron chi connectivity index (χ0n) is 13.1. The maximum absolute atomic E-state index is 13.0. The molecule has 0 spiro atoms. The number of thiocarbonyl (C=S) groups is 1. The van der Waals surface area contributed by atoms with Gasteiger partial charge in [-0.1, -0.05) is 12.2 Å². The Balaban J connectivity index is 1.42. The van der Waals surface area contributed by atoms with Gasteiger partial charge in [0.15, 0.2) is 11.5 Å². The van der Waals surface area contributed by atoms with Crippen molar-refractivity contribution < 1.29 is 13.9 Å². The Kier molecular flexibility index (Phi) is 3.98. The maximum Gasteiger partial charge on any atom is 0.231 e. The standard InChI is InChI=1S/C18H17FN2O2S/c19-14-2-4-15(5-3-14)20-7-9-21(10-8-20)18(24)13-1-6-16-17(11-13)23-12-22-16/h1-6,11H,7-10,12H2. The first-order chi connectivity index (χ1) is 11.7. The van der Waals surface area contributed by atoms with Crippen molar-refractivity contribution in [3.05, 3.63) is 53.8 Å². The number of rotatable bonds is 2. The second kappa shape index (κ2) is 6.28. The lowest BCUT2D eigenvalue weighted by molar-refractivity contribution is 0.174. The highest BCUT2D eigenvalue weighted by molar-refractivity contribution is 7.80. The summed E-state index contributed by atoms with van der Waals surface area (Å²) < 4.78 is 23.8. The summed E-state index contributed by atoms with van der Waals surface area (Å²) in [5.74, 6) is 1.31. The predicted octanol–water partition coefficient (Wildman–Crippen LogP) is 3.05. The summed E-state index contributed by atoms with van der Waals surface area (Å²) >= 11 is 5.65. The molecule has 0 radical (unpaired) electrons. The fourth-order valence-electron chi connectivity index (χ4n) is 3.03. The van der Waals surface area contributed by atoms with Crippen molar-refractivity contribution in [3.8, 4) is 11.5 Å². The molecule has 0 N–H and O–H groups in total. The lowest BCUT2D eigenvalue weighted by atomic mass is 10.1. The minimum Gasteiger partial charge on any atom is -0.454 e. The zero-order valence-corrected chi connectivity index (χ0v) is 13.9. The Morgan fingerprint density at radius 1 is 0.917 bits per heavy atom. The van der Waals surface area contributed by atoms with Crippen LogP contribution in [0.1, 0.15) is 5.56 Å². The molecule has 0 atom stereocenters. The predicted molar refractivity (Wildman–Crippen MR) is 94.5 cm³/mol. The fraction of sp³-hybridized carbons (Fsp3) is 0.278. The molecule has 0 bridgehead atoms. The lowest BCUT2D eigenvalue weighted by Crippen LogP contribution is -2.48. The van der Waals surface area contributed by atoms with E-state index in [1.54, 1.807) is 0 Å². The van der Waals surface area contributed by atoms with Gasteiger partial charge in [-0.15, -0.1) is 0 Å². The van der Waals surface area contributed by atoms with Gasteiger partial charge in [-0.25, -0.2) is 4.39 Å². The second-order valence-electron chi connectivity index (χ2n) is 5.82. The molecule has 2 aliphatic rings. The summed E-state index contributed by atoms with van der Waals surface area (Å²) in [6.45, 7) is 3.66. The van der Waals surface area contributed by atoms with Gasteiger partial charge < -0.3 is 19.3 Å². The molecule has 0 aliphatic carbocycles. The highest BCUT2D eigenvalue weighted by Gasteiger charge is 2.22. The van der Waals surface area contributed by atoms with Gasteiger partial charge >= 0.3 is 0 Å². The van der Waals surface area contributed by atoms with Crippen molar-refractivity contribution in [1.82, 2.24) is 4.90 Å². The number of ether oxygens (including phenoxy) is 2. The minimum absolute atomic E-state index is 0.207. The third kappa shape index (κ3) is 2.89. The van der Waals surface area contributed by atoms with E-state index in [-0.39, 0.29) is 12.6 Å². The number of piperazine rings is 1. The van der Waals surface area contributed by atoms with Crippen LogP contribution in [0, 0.1) is 5.82 Å². The quantitative estimate of drug-likeness (QED) is 0.780. The molecule has 2 heterocycles. The van der Waals surface area contributed by atoms with Gasteiger partial charge in [0.1, 0.15) is 10.8 Å². The highest BCUT2D eigenvalue weighted by atomic mass is 32.1. The largest absolute Gasteiger partial charge is 0.454 e. The molecule has 2 aromatic rings. The van der Waals surface area contributed by atoms with Gasteiger partial charge in [0.2, 0.25) is 6.79 Å². The van der Waals surface area contributed by atoms with Gasteiger partial charge in [0, 0.05) is 37.4 Å². The molecule has 0 aromatic heterocycles. The summed E-state index contributed by atoms with van der Waals surface area (Å²) in [4.78, 5) is 5.28. The summed E-state index contributed by atoms with van der Waals surface area (Å²) in [5, 5.41) is 0. The minimum atomic E-state index is -0.207. The van der Waals surface area contributed by atoms with Crippen LogP contribution in [0.3, 0.4) is 0 Å². The van der Waals surface area contributed by atoms with E-state index in [2.05, 4.69) is 9.80 Å². The number of hydrogen-bond acceptors (Lipinski definition) is 4. The van der Waals surface area contributed by atoms with Gasteiger partial charge in [-0.05, 0) is 42.5 Å². The van der Waals surface area contributed by atoms with Gasteiger partial charge in [-0.2, -0.15) is 0 Å². The topological polar surface area (TPSA) is 24.9 Å². The first-order valence-corrected chi connectivity index (χ1v) is 8.31. The normalized spacial score (nSPS) is 16.4. The number of halogens is 1. The molecule has 0 amide bonds. The first kappa shape index (κ1) is 15.2.